The first-order valence-corrected chi connectivity index (χ1v) is 10.4. The van der Waals surface area contributed by atoms with Crippen molar-refractivity contribution in [3.8, 4) is 11.3 Å². The summed E-state index contributed by atoms with van der Waals surface area (Å²) in [4.78, 5) is 12.3. The Kier molecular flexibility index (Phi) is 4.60. The van der Waals surface area contributed by atoms with E-state index >= 15 is 0 Å². The standard InChI is InChI=1S/C23H27N5O/c1-28-22(17-7-6-14-4-2-3-5-15(14)10-17)20(13-25-28)16-8-9-18-19(11-16)21(12-24)26-27-23(18)29/h2-7,10,13,16,18-19,21,26H,8-9,11-12,24H2,1H3,(H,27,29). The molecule has 4 N–H and O–H groups in total. The second-order valence-corrected chi connectivity index (χ2v) is 8.39. The smallest absolute Gasteiger partial charge is 0.237 e. The van der Waals surface area contributed by atoms with Gasteiger partial charge < -0.3 is 5.73 Å². The Balaban J connectivity index is 1.50. The highest BCUT2D eigenvalue weighted by Gasteiger charge is 2.43. The number of carbonyl (C=O) groups excluding carboxylic acids is 1. The van der Waals surface area contributed by atoms with Crippen LogP contribution < -0.4 is 16.6 Å². The molecule has 29 heavy (non-hydrogen) atoms. The van der Waals surface area contributed by atoms with Gasteiger partial charge in [0, 0.05) is 36.7 Å². The van der Waals surface area contributed by atoms with Crippen LogP contribution in [0.25, 0.3) is 22.0 Å². The monoisotopic (exact) mass is 389 g/mol. The van der Waals surface area contributed by atoms with Crippen molar-refractivity contribution in [3.63, 3.8) is 0 Å². The zero-order chi connectivity index (χ0) is 20.0. The van der Waals surface area contributed by atoms with E-state index in [1.807, 2.05) is 17.9 Å². The van der Waals surface area contributed by atoms with Gasteiger partial charge in [-0.25, -0.2) is 5.43 Å². The Bertz CT molecular complexity index is 1060. The number of hydrogen-bond acceptors (Lipinski definition) is 4. The Morgan fingerprint density at radius 2 is 2.00 bits per heavy atom. The molecule has 0 spiro atoms. The van der Waals surface area contributed by atoms with Crippen LogP contribution in [0.5, 0.6) is 0 Å². The van der Waals surface area contributed by atoms with Gasteiger partial charge in [0.25, 0.3) is 0 Å². The maximum absolute atomic E-state index is 12.3. The number of nitrogens with one attached hydrogen (secondary N) is 2. The van der Waals surface area contributed by atoms with Crippen LogP contribution in [0.1, 0.15) is 30.7 Å². The Morgan fingerprint density at radius 1 is 1.17 bits per heavy atom. The number of amides is 1. The second-order valence-electron chi connectivity index (χ2n) is 8.39. The van der Waals surface area contributed by atoms with E-state index in [4.69, 9.17) is 5.73 Å². The van der Waals surface area contributed by atoms with Gasteiger partial charge in [0.2, 0.25) is 5.91 Å². The number of carbonyl (C=O) groups is 1. The summed E-state index contributed by atoms with van der Waals surface area (Å²) in [6.07, 6.45) is 4.87. The summed E-state index contributed by atoms with van der Waals surface area (Å²) in [6.45, 7) is 0.527. The van der Waals surface area contributed by atoms with Crippen LogP contribution in [0.15, 0.2) is 48.7 Å². The number of rotatable bonds is 3. The molecule has 2 fully saturated rings. The first-order chi connectivity index (χ1) is 14.2. The third kappa shape index (κ3) is 3.12. The maximum atomic E-state index is 12.3. The lowest BCUT2D eigenvalue weighted by molar-refractivity contribution is -0.133. The molecule has 1 aromatic heterocycles. The number of aromatic nitrogens is 2. The van der Waals surface area contributed by atoms with Crippen LogP contribution in [-0.2, 0) is 11.8 Å². The van der Waals surface area contributed by atoms with Crippen molar-refractivity contribution in [2.75, 3.05) is 6.54 Å². The molecule has 4 unspecified atom stereocenters. The number of fused-ring (bicyclic) bond motifs is 2. The quantitative estimate of drug-likeness (QED) is 0.643. The highest BCUT2D eigenvalue weighted by molar-refractivity contribution is 5.87. The molecular weight excluding hydrogens is 362 g/mol. The fourth-order valence-electron chi connectivity index (χ4n) is 5.30. The molecule has 6 nitrogen and oxygen atoms in total. The van der Waals surface area contributed by atoms with E-state index in [1.165, 1.54) is 27.6 Å². The average Bonchev–Trinajstić information content (AvgIpc) is 3.15. The predicted octanol–water partition coefficient (Wildman–Crippen LogP) is 2.70. The maximum Gasteiger partial charge on any atom is 0.237 e. The number of hydrogen-bond donors (Lipinski definition) is 3. The number of nitrogens with zero attached hydrogens (tertiary/aromatic N) is 2. The first-order valence-electron chi connectivity index (χ1n) is 10.4. The van der Waals surface area contributed by atoms with E-state index in [2.05, 4.69) is 58.4 Å². The van der Waals surface area contributed by atoms with Crippen molar-refractivity contribution < 1.29 is 4.79 Å². The van der Waals surface area contributed by atoms with Gasteiger partial charge in [-0.3, -0.25) is 14.9 Å². The Hall–Kier alpha value is -2.70. The number of benzene rings is 2. The van der Waals surface area contributed by atoms with Crippen molar-refractivity contribution in [3.05, 3.63) is 54.2 Å². The number of hydrazine groups is 1. The van der Waals surface area contributed by atoms with E-state index in [-0.39, 0.29) is 23.8 Å². The molecule has 1 aliphatic carbocycles. The van der Waals surface area contributed by atoms with E-state index in [0.29, 0.717) is 12.5 Å². The van der Waals surface area contributed by atoms with Gasteiger partial charge in [0.1, 0.15) is 0 Å². The van der Waals surface area contributed by atoms with Crippen molar-refractivity contribution in [2.45, 2.75) is 31.2 Å². The fraction of sp³-hybridized carbons (Fsp3) is 0.391. The van der Waals surface area contributed by atoms with Crippen LogP contribution in [0.2, 0.25) is 0 Å². The van der Waals surface area contributed by atoms with Gasteiger partial charge in [0.05, 0.1) is 11.9 Å². The molecule has 2 aliphatic rings. The molecule has 2 heterocycles. The minimum absolute atomic E-state index is 0.0573. The van der Waals surface area contributed by atoms with Crippen LogP contribution >= 0.6 is 0 Å². The molecule has 1 aliphatic heterocycles. The fourth-order valence-corrected chi connectivity index (χ4v) is 5.30. The Morgan fingerprint density at radius 3 is 2.83 bits per heavy atom. The van der Waals surface area contributed by atoms with Gasteiger partial charge in [-0.2, -0.15) is 5.10 Å². The van der Waals surface area contributed by atoms with Gasteiger partial charge >= 0.3 is 0 Å². The molecule has 6 heteroatoms. The molecule has 5 rings (SSSR count). The molecule has 2 aromatic carbocycles. The van der Waals surface area contributed by atoms with Crippen molar-refractivity contribution in [2.24, 2.45) is 24.6 Å². The van der Waals surface area contributed by atoms with Crippen molar-refractivity contribution in [1.82, 2.24) is 20.6 Å². The number of nitrogens with two attached hydrogens (primary N) is 1. The molecule has 4 atom stereocenters. The molecule has 1 saturated carbocycles. The lowest BCUT2D eigenvalue weighted by Crippen LogP contribution is -2.62. The summed E-state index contributed by atoms with van der Waals surface area (Å²) >= 11 is 0. The van der Waals surface area contributed by atoms with E-state index in [0.717, 1.165) is 19.3 Å². The summed E-state index contributed by atoms with van der Waals surface area (Å²) in [5, 5.41) is 7.08. The summed E-state index contributed by atoms with van der Waals surface area (Å²) in [7, 11) is 2.01. The molecule has 3 aromatic rings. The molecule has 0 radical (unpaired) electrons. The largest absolute Gasteiger partial charge is 0.329 e. The summed E-state index contributed by atoms with van der Waals surface area (Å²) in [5.41, 5.74) is 15.6. The molecule has 1 amide bonds. The lowest BCUT2D eigenvalue weighted by atomic mass is 9.68. The topological polar surface area (TPSA) is 85.0 Å². The predicted molar refractivity (Wildman–Crippen MR) is 114 cm³/mol. The average molecular weight is 390 g/mol. The Labute approximate surface area is 170 Å². The van der Waals surface area contributed by atoms with Crippen LogP contribution in [-0.4, -0.2) is 28.3 Å². The lowest BCUT2D eigenvalue weighted by Gasteiger charge is -2.43. The first kappa shape index (κ1) is 18.3. The SMILES string of the molecule is Cn1ncc(C2CCC3C(=O)NNC(CN)C3C2)c1-c1ccc2ccccc2c1. The van der Waals surface area contributed by atoms with Crippen LogP contribution in [0.3, 0.4) is 0 Å². The summed E-state index contributed by atoms with van der Waals surface area (Å²) in [5.74, 6) is 0.811. The highest BCUT2D eigenvalue weighted by atomic mass is 16.2. The minimum atomic E-state index is 0.0573. The second kappa shape index (κ2) is 7.28. The van der Waals surface area contributed by atoms with Crippen LogP contribution in [0.4, 0.5) is 0 Å². The van der Waals surface area contributed by atoms with Gasteiger partial charge in [-0.05, 0) is 47.9 Å². The zero-order valence-corrected chi connectivity index (χ0v) is 16.6. The normalized spacial score (nSPS) is 26.9. The molecule has 0 bridgehead atoms. The molecule has 1 saturated heterocycles. The molecule has 150 valence electrons. The van der Waals surface area contributed by atoms with Crippen molar-refractivity contribution in [1.29, 1.82) is 0 Å². The van der Waals surface area contributed by atoms with E-state index in [1.54, 1.807) is 0 Å². The van der Waals surface area contributed by atoms with Gasteiger partial charge in [0.15, 0.2) is 0 Å². The van der Waals surface area contributed by atoms with Crippen LogP contribution in [0, 0.1) is 11.8 Å². The molecular formula is C23H27N5O. The third-order valence-corrected chi connectivity index (χ3v) is 6.82. The summed E-state index contributed by atoms with van der Waals surface area (Å²) < 4.78 is 1.98. The third-order valence-electron chi connectivity index (χ3n) is 6.82. The van der Waals surface area contributed by atoms with Crippen molar-refractivity contribution >= 4 is 16.7 Å². The highest BCUT2D eigenvalue weighted by Crippen LogP contribution is 2.44. The van der Waals surface area contributed by atoms with Gasteiger partial charge in [-0.1, -0.05) is 36.4 Å². The number of aryl methyl sites for hydroxylation is 1. The van der Waals surface area contributed by atoms with E-state index in [9.17, 15) is 4.79 Å². The van der Waals surface area contributed by atoms with Gasteiger partial charge in [-0.15, -0.1) is 0 Å². The minimum Gasteiger partial charge on any atom is -0.329 e. The summed E-state index contributed by atoms with van der Waals surface area (Å²) in [6, 6.07) is 15.2. The zero-order valence-electron chi connectivity index (χ0n) is 16.6. The van der Waals surface area contributed by atoms with E-state index < -0.39 is 0 Å².